The molecule has 0 aliphatic carbocycles. The van der Waals surface area contributed by atoms with E-state index in [0.29, 0.717) is 25.4 Å². The Bertz CT molecular complexity index is 257. The third kappa shape index (κ3) is 9.62. The lowest BCUT2D eigenvalue weighted by Gasteiger charge is -2.19. The van der Waals surface area contributed by atoms with Crippen LogP contribution in [0.25, 0.3) is 0 Å². The number of carbonyl (C=O) groups is 1. The lowest BCUT2D eigenvalue weighted by Crippen LogP contribution is -2.27. The first-order chi connectivity index (χ1) is 9.38. The second-order valence-corrected chi connectivity index (χ2v) is 7.34. The molecule has 20 heavy (non-hydrogen) atoms. The van der Waals surface area contributed by atoms with Gasteiger partial charge in [-0.15, -0.1) is 11.8 Å². The van der Waals surface area contributed by atoms with Crippen LogP contribution in [0.2, 0.25) is 0 Å². The summed E-state index contributed by atoms with van der Waals surface area (Å²) in [7, 11) is 0. The van der Waals surface area contributed by atoms with Gasteiger partial charge in [-0.3, -0.25) is 4.79 Å². The summed E-state index contributed by atoms with van der Waals surface area (Å²) in [6, 6.07) is 0. The van der Waals surface area contributed by atoms with Crippen LogP contribution in [0, 0.1) is 11.8 Å². The van der Waals surface area contributed by atoms with Crippen LogP contribution in [-0.4, -0.2) is 29.8 Å². The van der Waals surface area contributed by atoms with E-state index < -0.39 is 6.17 Å². The van der Waals surface area contributed by atoms with Crippen LogP contribution in [0.1, 0.15) is 60.3 Å². The van der Waals surface area contributed by atoms with E-state index in [4.69, 9.17) is 4.74 Å². The summed E-state index contributed by atoms with van der Waals surface area (Å²) in [6.45, 7) is 10.6. The molecular weight excluding hydrogens is 275 g/mol. The SMILES string of the molecule is CCCC(F)CCCSC(C(=O)OCC(C)C)C(C)C. The maximum atomic E-state index is 13.4. The lowest BCUT2D eigenvalue weighted by molar-refractivity contribution is -0.144. The summed E-state index contributed by atoms with van der Waals surface area (Å²) in [5, 5.41) is -0.127. The van der Waals surface area contributed by atoms with E-state index in [9.17, 15) is 9.18 Å². The van der Waals surface area contributed by atoms with Gasteiger partial charge >= 0.3 is 5.97 Å². The van der Waals surface area contributed by atoms with Crippen molar-refractivity contribution in [3.8, 4) is 0 Å². The van der Waals surface area contributed by atoms with Crippen molar-refractivity contribution in [3.63, 3.8) is 0 Å². The number of ether oxygens (including phenoxy) is 1. The number of rotatable bonds is 11. The minimum atomic E-state index is -0.689. The van der Waals surface area contributed by atoms with Crippen molar-refractivity contribution < 1.29 is 13.9 Å². The third-order valence-corrected chi connectivity index (χ3v) is 4.58. The molecule has 0 aliphatic rings. The van der Waals surface area contributed by atoms with Gasteiger partial charge in [0.2, 0.25) is 0 Å². The molecule has 0 aromatic heterocycles. The Hall–Kier alpha value is -0.250. The van der Waals surface area contributed by atoms with Gasteiger partial charge in [0.25, 0.3) is 0 Å². The van der Waals surface area contributed by atoms with Gasteiger partial charge < -0.3 is 4.74 Å². The van der Waals surface area contributed by atoms with Crippen LogP contribution in [0.5, 0.6) is 0 Å². The Labute approximate surface area is 128 Å². The standard InChI is InChI=1S/C16H31FO2S/c1-6-8-14(17)9-7-10-20-15(13(4)5)16(18)19-11-12(2)3/h12-15H,6-11H2,1-5H3. The van der Waals surface area contributed by atoms with Crippen LogP contribution >= 0.6 is 11.8 Å². The predicted molar refractivity (Wildman–Crippen MR) is 85.9 cm³/mol. The van der Waals surface area contributed by atoms with Gasteiger partial charge in [0, 0.05) is 0 Å². The Kier molecular flexibility index (Phi) is 11.3. The molecule has 120 valence electrons. The van der Waals surface area contributed by atoms with E-state index in [1.165, 1.54) is 0 Å². The number of carbonyl (C=O) groups excluding carboxylic acids is 1. The first kappa shape index (κ1) is 19.8. The summed E-state index contributed by atoms with van der Waals surface area (Å²) in [6.07, 6.45) is 2.28. The van der Waals surface area contributed by atoms with Crippen LogP contribution < -0.4 is 0 Å². The summed E-state index contributed by atoms with van der Waals surface area (Å²) < 4.78 is 18.7. The molecule has 0 saturated carbocycles. The first-order valence-electron chi connectivity index (χ1n) is 7.80. The Morgan fingerprint density at radius 3 is 2.35 bits per heavy atom. The molecule has 2 nitrogen and oxygen atoms in total. The van der Waals surface area contributed by atoms with Gasteiger partial charge in [-0.05, 0) is 36.9 Å². The van der Waals surface area contributed by atoms with Gasteiger partial charge in [-0.2, -0.15) is 0 Å². The van der Waals surface area contributed by atoms with E-state index in [1.807, 2.05) is 34.6 Å². The summed E-state index contributed by atoms with van der Waals surface area (Å²) >= 11 is 1.61. The highest BCUT2D eigenvalue weighted by Gasteiger charge is 2.24. The fourth-order valence-corrected chi connectivity index (χ4v) is 3.01. The number of hydrogen-bond acceptors (Lipinski definition) is 3. The molecule has 0 fully saturated rings. The molecule has 0 amide bonds. The smallest absolute Gasteiger partial charge is 0.319 e. The number of thioether (sulfide) groups is 1. The van der Waals surface area contributed by atoms with E-state index in [0.717, 1.165) is 18.6 Å². The van der Waals surface area contributed by atoms with Gasteiger partial charge in [0.05, 0.1) is 6.61 Å². The molecule has 0 bridgehead atoms. The van der Waals surface area contributed by atoms with Gasteiger partial charge in [0.1, 0.15) is 11.4 Å². The average Bonchev–Trinajstić information content (AvgIpc) is 2.35. The molecular formula is C16H31FO2S. The second kappa shape index (κ2) is 11.4. The minimum Gasteiger partial charge on any atom is -0.465 e. The Morgan fingerprint density at radius 2 is 1.85 bits per heavy atom. The van der Waals surface area contributed by atoms with Crippen molar-refractivity contribution in [2.24, 2.45) is 11.8 Å². The number of esters is 1. The minimum absolute atomic E-state index is 0.121. The van der Waals surface area contributed by atoms with Gasteiger partial charge in [-0.25, -0.2) is 4.39 Å². The highest BCUT2D eigenvalue weighted by Crippen LogP contribution is 2.23. The predicted octanol–water partition coefficient (Wildman–Crippen LogP) is 4.86. The molecule has 0 N–H and O–H groups in total. The maximum absolute atomic E-state index is 13.4. The average molecular weight is 306 g/mol. The molecule has 4 heteroatoms. The highest BCUT2D eigenvalue weighted by molar-refractivity contribution is 8.00. The Balaban J connectivity index is 3.99. The van der Waals surface area contributed by atoms with E-state index >= 15 is 0 Å². The van der Waals surface area contributed by atoms with Crippen molar-refractivity contribution in [1.29, 1.82) is 0 Å². The van der Waals surface area contributed by atoms with Crippen molar-refractivity contribution in [2.75, 3.05) is 12.4 Å². The molecule has 0 saturated heterocycles. The van der Waals surface area contributed by atoms with Gasteiger partial charge in [-0.1, -0.05) is 41.0 Å². The lowest BCUT2D eigenvalue weighted by atomic mass is 10.1. The highest BCUT2D eigenvalue weighted by atomic mass is 32.2. The summed E-state index contributed by atoms with van der Waals surface area (Å²) in [5.74, 6) is 1.31. The van der Waals surface area contributed by atoms with Crippen molar-refractivity contribution in [2.45, 2.75) is 71.7 Å². The fraction of sp³-hybridized carbons (Fsp3) is 0.938. The first-order valence-corrected chi connectivity index (χ1v) is 8.85. The number of alkyl halides is 1. The molecule has 2 unspecified atom stereocenters. The van der Waals surface area contributed by atoms with Gasteiger partial charge in [0.15, 0.2) is 0 Å². The zero-order valence-corrected chi connectivity index (χ0v) is 14.5. The zero-order chi connectivity index (χ0) is 15.5. The second-order valence-electron chi connectivity index (χ2n) is 6.09. The van der Waals surface area contributed by atoms with Crippen molar-refractivity contribution in [3.05, 3.63) is 0 Å². The summed E-state index contributed by atoms with van der Waals surface area (Å²) in [5.41, 5.74) is 0. The molecule has 0 aromatic carbocycles. The third-order valence-electron chi connectivity index (χ3n) is 2.96. The van der Waals surface area contributed by atoms with E-state index in [1.54, 1.807) is 11.8 Å². The van der Waals surface area contributed by atoms with Crippen LogP contribution in [0.3, 0.4) is 0 Å². The van der Waals surface area contributed by atoms with Crippen LogP contribution in [-0.2, 0) is 9.53 Å². The molecule has 2 atom stereocenters. The van der Waals surface area contributed by atoms with Crippen molar-refractivity contribution in [1.82, 2.24) is 0 Å². The summed E-state index contributed by atoms with van der Waals surface area (Å²) in [4.78, 5) is 12.0. The zero-order valence-electron chi connectivity index (χ0n) is 13.7. The molecule has 0 spiro atoms. The molecule has 0 aromatic rings. The molecule has 0 heterocycles. The fourth-order valence-electron chi connectivity index (χ4n) is 1.84. The van der Waals surface area contributed by atoms with Crippen LogP contribution in [0.15, 0.2) is 0 Å². The normalized spacial score (nSPS) is 14.6. The molecule has 0 radical (unpaired) electrons. The topological polar surface area (TPSA) is 26.3 Å². The van der Waals surface area contributed by atoms with E-state index in [-0.39, 0.29) is 17.1 Å². The van der Waals surface area contributed by atoms with Crippen molar-refractivity contribution >= 4 is 17.7 Å². The molecule has 0 rings (SSSR count). The van der Waals surface area contributed by atoms with E-state index in [2.05, 4.69) is 0 Å². The van der Waals surface area contributed by atoms with Crippen LogP contribution in [0.4, 0.5) is 4.39 Å². The maximum Gasteiger partial charge on any atom is 0.319 e. The largest absolute Gasteiger partial charge is 0.465 e. The quantitative estimate of drug-likeness (QED) is 0.403. The molecule has 0 aliphatic heterocycles. The monoisotopic (exact) mass is 306 g/mol. The Morgan fingerprint density at radius 1 is 1.20 bits per heavy atom. The number of hydrogen-bond donors (Lipinski definition) is 0. The number of halogens is 1.